The van der Waals surface area contributed by atoms with E-state index in [9.17, 15) is 14.7 Å². The van der Waals surface area contributed by atoms with Crippen LogP contribution in [0.3, 0.4) is 0 Å². The number of nitrogens with zero attached hydrogens (tertiary/aromatic N) is 3. The number of ether oxygens (including phenoxy) is 1. The van der Waals surface area contributed by atoms with Gasteiger partial charge in [-0.3, -0.25) is 14.9 Å². The van der Waals surface area contributed by atoms with E-state index in [0.29, 0.717) is 10.6 Å². The molecule has 1 heterocycles. The van der Waals surface area contributed by atoms with Crippen LogP contribution in [0.1, 0.15) is 5.56 Å². The van der Waals surface area contributed by atoms with Gasteiger partial charge < -0.3 is 9.84 Å². The molecule has 3 aromatic rings. The van der Waals surface area contributed by atoms with Crippen molar-refractivity contribution in [3.8, 4) is 22.1 Å². The summed E-state index contributed by atoms with van der Waals surface area (Å²) in [4.78, 5) is 23.8. The molecule has 0 saturated heterocycles. The zero-order valence-corrected chi connectivity index (χ0v) is 15.4. The molecule has 0 unspecified atom stereocenters. The van der Waals surface area contributed by atoms with Crippen LogP contribution in [0, 0.1) is 0 Å². The minimum Gasteiger partial charge on any atom is -0.504 e. The van der Waals surface area contributed by atoms with Crippen LogP contribution in [0.4, 0.5) is 5.13 Å². The molecule has 0 saturated carbocycles. The number of rotatable bonds is 5. The molecule has 0 aliphatic rings. The molecule has 0 fully saturated rings. The van der Waals surface area contributed by atoms with Gasteiger partial charge in [-0.25, -0.2) is 5.43 Å². The third-order valence-corrected chi connectivity index (χ3v) is 4.34. The fourth-order valence-electron chi connectivity index (χ4n) is 2.12. The highest BCUT2D eigenvalue weighted by Crippen LogP contribution is 2.26. The van der Waals surface area contributed by atoms with E-state index in [4.69, 9.17) is 4.74 Å². The Balaban J connectivity index is 1.56. The van der Waals surface area contributed by atoms with E-state index in [1.807, 2.05) is 30.3 Å². The van der Waals surface area contributed by atoms with Gasteiger partial charge in [0.05, 0.1) is 13.3 Å². The number of benzene rings is 2. The van der Waals surface area contributed by atoms with Crippen molar-refractivity contribution in [1.82, 2.24) is 15.6 Å². The van der Waals surface area contributed by atoms with Crippen LogP contribution in [0.5, 0.6) is 11.5 Å². The van der Waals surface area contributed by atoms with Crippen LogP contribution >= 0.6 is 11.3 Å². The third kappa shape index (κ3) is 4.68. The van der Waals surface area contributed by atoms with Crippen LogP contribution in [0.15, 0.2) is 53.6 Å². The molecule has 0 spiro atoms. The lowest BCUT2D eigenvalue weighted by Gasteiger charge is -2.03. The largest absolute Gasteiger partial charge is 0.504 e. The minimum absolute atomic E-state index is 0.0185. The maximum Gasteiger partial charge on any atom is 0.329 e. The molecule has 142 valence electrons. The number of hydrogen-bond donors (Lipinski definition) is 3. The molecule has 1 aromatic heterocycles. The molecule has 10 heteroatoms. The number of nitrogens with one attached hydrogen (secondary N) is 2. The predicted octanol–water partition coefficient (Wildman–Crippen LogP) is 2.01. The van der Waals surface area contributed by atoms with Crippen LogP contribution in [-0.2, 0) is 9.59 Å². The van der Waals surface area contributed by atoms with Gasteiger partial charge in [0.25, 0.3) is 0 Å². The van der Waals surface area contributed by atoms with E-state index in [0.717, 1.165) is 16.9 Å². The highest BCUT2D eigenvalue weighted by Gasteiger charge is 2.16. The van der Waals surface area contributed by atoms with E-state index >= 15 is 0 Å². The van der Waals surface area contributed by atoms with E-state index < -0.39 is 11.8 Å². The SMILES string of the molecule is COc1cc(C=NNC(=O)C(=O)Nc2nnc(-c3ccccc3)s2)ccc1O. The molecule has 9 nitrogen and oxygen atoms in total. The van der Waals surface area contributed by atoms with Crippen LogP contribution < -0.4 is 15.5 Å². The monoisotopic (exact) mass is 397 g/mol. The summed E-state index contributed by atoms with van der Waals surface area (Å²) in [5.41, 5.74) is 3.54. The Hall–Kier alpha value is -3.79. The first-order valence-corrected chi connectivity index (χ1v) is 8.79. The van der Waals surface area contributed by atoms with Crippen molar-refractivity contribution in [1.29, 1.82) is 0 Å². The zero-order chi connectivity index (χ0) is 19.9. The predicted molar refractivity (Wildman–Crippen MR) is 104 cm³/mol. The highest BCUT2D eigenvalue weighted by molar-refractivity contribution is 7.18. The summed E-state index contributed by atoms with van der Waals surface area (Å²) < 4.78 is 4.98. The van der Waals surface area contributed by atoms with Crippen molar-refractivity contribution in [3.63, 3.8) is 0 Å². The Morgan fingerprint density at radius 2 is 1.93 bits per heavy atom. The molecule has 3 N–H and O–H groups in total. The van der Waals surface area contributed by atoms with Gasteiger partial charge in [-0.1, -0.05) is 41.7 Å². The summed E-state index contributed by atoms with van der Waals surface area (Å²) in [7, 11) is 1.42. The van der Waals surface area contributed by atoms with Crippen LogP contribution in [0.25, 0.3) is 10.6 Å². The number of phenolic OH excluding ortho intramolecular Hbond substituents is 1. The molecular weight excluding hydrogens is 382 g/mol. The topological polar surface area (TPSA) is 126 Å². The van der Waals surface area contributed by atoms with Crippen molar-refractivity contribution in [2.24, 2.45) is 5.10 Å². The van der Waals surface area contributed by atoms with E-state index in [1.54, 1.807) is 6.07 Å². The quantitative estimate of drug-likeness (QED) is 0.343. The van der Waals surface area contributed by atoms with Gasteiger partial charge in [0.15, 0.2) is 11.5 Å². The fourth-order valence-corrected chi connectivity index (χ4v) is 2.86. The standard InChI is InChI=1S/C18H15N5O4S/c1-27-14-9-11(7-8-13(14)24)10-19-21-16(26)15(25)20-18-23-22-17(28-18)12-5-3-2-4-6-12/h2-10,24H,1H3,(H,21,26)(H,20,23,25). The lowest BCUT2D eigenvalue weighted by Crippen LogP contribution is -2.32. The number of aromatic hydroxyl groups is 1. The summed E-state index contributed by atoms with van der Waals surface area (Å²) in [5.74, 6) is -1.64. The lowest BCUT2D eigenvalue weighted by atomic mass is 10.2. The smallest absolute Gasteiger partial charge is 0.329 e. The van der Waals surface area contributed by atoms with Crippen molar-refractivity contribution in [2.45, 2.75) is 0 Å². The first kappa shape index (κ1) is 19.0. The molecule has 2 aromatic carbocycles. The van der Waals surface area contributed by atoms with E-state index in [1.165, 1.54) is 25.5 Å². The Bertz CT molecular complexity index is 1020. The van der Waals surface area contributed by atoms with Gasteiger partial charge in [0, 0.05) is 5.56 Å². The summed E-state index contributed by atoms with van der Waals surface area (Å²) >= 11 is 1.15. The Morgan fingerprint density at radius 1 is 1.14 bits per heavy atom. The number of carbonyl (C=O) groups excluding carboxylic acids is 2. The Kier molecular flexibility index (Phi) is 5.92. The highest BCUT2D eigenvalue weighted by atomic mass is 32.1. The van der Waals surface area contributed by atoms with Crippen molar-refractivity contribution in [3.05, 3.63) is 54.1 Å². The molecule has 3 rings (SSSR count). The van der Waals surface area contributed by atoms with Crippen molar-refractivity contribution in [2.75, 3.05) is 12.4 Å². The number of methoxy groups -OCH3 is 1. The average molecular weight is 397 g/mol. The zero-order valence-electron chi connectivity index (χ0n) is 14.6. The van der Waals surface area contributed by atoms with Gasteiger partial charge in [0.2, 0.25) is 5.13 Å². The van der Waals surface area contributed by atoms with E-state index in [-0.39, 0.29) is 16.6 Å². The number of amides is 2. The fraction of sp³-hybridized carbons (Fsp3) is 0.0556. The molecule has 28 heavy (non-hydrogen) atoms. The molecule has 0 bridgehead atoms. The van der Waals surface area contributed by atoms with Gasteiger partial charge in [0.1, 0.15) is 5.01 Å². The second-order valence-corrected chi connectivity index (χ2v) is 6.34. The van der Waals surface area contributed by atoms with Crippen LogP contribution in [0.2, 0.25) is 0 Å². The van der Waals surface area contributed by atoms with Gasteiger partial charge in [-0.05, 0) is 23.8 Å². The maximum absolute atomic E-state index is 11.9. The van der Waals surface area contributed by atoms with Crippen molar-refractivity contribution < 1.29 is 19.4 Å². The molecule has 0 atom stereocenters. The molecule has 0 aliphatic heterocycles. The first-order chi connectivity index (χ1) is 13.6. The maximum atomic E-state index is 11.9. The third-order valence-electron chi connectivity index (χ3n) is 3.46. The number of hydrazone groups is 1. The Morgan fingerprint density at radius 3 is 2.68 bits per heavy atom. The van der Waals surface area contributed by atoms with Gasteiger partial charge in [-0.2, -0.15) is 5.10 Å². The van der Waals surface area contributed by atoms with Crippen molar-refractivity contribution >= 4 is 34.5 Å². The summed E-state index contributed by atoms with van der Waals surface area (Å²) in [5, 5.41) is 24.3. The minimum atomic E-state index is -0.960. The van der Waals surface area contributed by atoms with Crippen LogP contribution in [-0.4, -0.2) is 40.4 Å². The van der Waals surface area contributed by atoms with E-state index in [2.05, 4.69) is 26.0 Å². The molecular formula is C18H15N5O4S. The van der Waals surface area contributed by atoms with Gasteiger partial charge in [-0.15, -0.1) is 10.2 Å². The molecule has 0 radical (unpaired) electrons. The normalized spacial score (nSPS) is 10.6. The lowest BCUT2D eigenvalue weighted by molar-refractivity contribution is -0.136. The number of hydrogen-bond acceptors (Lipinski definition) is 8. The molecule has 0 aliphatic carbocycles. The number of aromatic nitrogens is 2. The molecule has 2 amide bonds. The second-order valence-electron chi connectivity index (χ2n) is 5.36. The summed E-state index contributed by atoms with van der Waals surface area (Å²) in [6.45, 7) is 0. The summed E-state index contributed by atoms with van der Waals surface area (Å²) in [6, 6.07) is 13.9. The first-order valence-electron chi connectivity index (χ1n) is 7.97. The number of anilines is 1. The second kappa shape index (κ2) is 8.73. The number of phenols is 1. The average Bonchev–Trinajstić information content (AvgIpc) is 3.18. The number of carbonyl (C=O) groups is 2. The Labute approximate surface area is 163 Å². The summed E-state index contributed by atoms with van der Waals surface area (Å²) in [6.07, 6.45) is 1.31. The van der Waals surface area contributed by atoms with Gasteiger partial charge >= 0.3 is 11.8 Å².